The van der Waals surface area contributed by atoms with E-state index in [0.717, 1.165) is 30.6 Å². The second-order valence-corrected chi connectivity index (χ2v) is 5.72. The van der Waals surface area contributed by atoms with Gasteiger partial charge in [-0.15, -0.1) is 0 Å². The van der Waals surface area contributed by atoms with E-state index in [9.17, 15) is 0 Å². The predicted octanol–water partition coefficient (Wildman–Crippen LogP) is 6.05. The van der Waals surface area contributed by atoms with E-state index >= 15 is 0 Å². The Kier molecular flexibility index (Phi) is 6.03. The molecule has 2 aromatic carbocycles. The van der Waals surface area contributed by atoms with Crippen LogP contribution in [0.3, 0.4) is 0 Å². The van der Waals surface area contributed by atoms with Crippen molar-refractivity contribution in [3.63, 3.8) is 0 Å². The van der Waals surface area contributed by atoms with Gasteiger partial charge in [-0.3, -0.25) is 0 Å². The highest BCUT2D eigenvalue weighted by molar-refractivity contribution is 6.39. The average Bonchev–Trinajstić information content (AvgIpc) is 2.42. The van der Waals surface area contributed by atoms with Crippen molar-refractivity contribution >= 4 is 34.8 Å². The van der Waals surface area contributed by atoms with Crippen LogP contribution in [0.5, 0.6) is 5.75 Å². The first kappa shape index (κ1) is 15.5. The summed E-state index contributed by atoms with van der Waals surface area (Å²) in [6.07, 6.45) is 2.74. The van der Waals surface area contributed by atoms with Gasteiger partial charge in [0, 0.05) is 15.1 Å². The first-order valence-corrected chi connectivity index (χ1v) is 7.61. The van der Waals surface area contributed by atoms with Gasteiger partial charge >= 0.3 is 0 Å². The quantitative estimate of drug-likeness (QED) is 0.586. The predicted molar refractivity (Wildman–Crippen MR) is 86.3 cm³/mol. The molecular formula is C16H15Cl3O. The topological polar surface area (TPSA) is 9.23 Å². The molecule has 0 aliphatic rings. The molecule has 0 spiro atoms. The lowest BCUT2D eigenvalue weighted by Crippen LogP contribution is -1.98. The van der Waals surface area contributed by atoms with Crippen LogP contribution >= 0.6 is 34.8 Å². The molecule has 0 heterocycles. The van der Waals surface area contributed by atoms with Gasteiger partial charge in [0.05, 0.1) is 6.61 Å². The molecule has 0 amide bonds. The molecule has 0 N–H and O–H groups in total. The summed E-state index contributed by atoms with van der Waals surface area (Å²) in [5.74, 6) is 0.898. The first-order chi connectivity index (χ1) is 9.66. The van der Waals surface area contributed by atoms with Crippen molar-refractivity contribution in [3.05, 3.63) is 63.1 Å². The van der Waals surface area contributed by atoms with Gasteiger partial charge in [0.1, 0.15) is 5.75 Å². The van der Waals surface area contributed by atoms with Gasteiger partial charge < -0.3 is 4.74 Å². The molecule has 0 atom stereocenters. The summed E-state index contributed by atoms with van der Waals surface area (Å²) >= 11 is 18.2. The van der Waals surface area contributed by atoms with Gasteiger partial charge in [-0.2, -0.15) is 0 Å². The van der Waals surface area contributed by atoms with Crippen molar-refractivity contribution in [1.82, 2.24) is 0 Å². The molecule has 0 aliphatic heterocycles. The molecule has 2 rings (SSSR count). The van der Waals surface area contributed by atoms with Crippen LogP contribution in [0.2, 0.25) is 15.1 Å². The normalized spacial score (nSPS) is 10.6. The Bertz CT molecular complexity index is 532. The molecule has 106 valence electrons. The SMILES string of the molecule is Clc1cc(Cl)c(CCCCOc2ccccc2)c(Cl)c1. The molecule has 2 aromatic rings. The lowest BCUT2D eigenvalue weighted by atomic mass is 10.1. The molecule has 4 heteroatoms. The number of rotatable bonds is 6. The molecule has 0 saturated heterocycles. The summed E-state index contributed by atoms with van der Waals surface area (Å²) in [6, 6.07) is 13.2. The Balaban J connectivity index is 1.76. The lowest BCUT2D eigenvalue weighted by molar-refractivity contribution is 0.307. The Morgan fingerprint density at radius 2 is 1.50 bits per heavy atom. The van der Waals surface area contributed by atoms with Gasteiger partial charge in [0.15, 0.2) is 0 Å². The third kappa shape index (κ3) is 4.59. The van der Waals surface area contributed by atoms with E-state index in [1.165, 1.54) is 0 Å². The minimum Gasteiger partial charge on any atom is -0.494 e. The van der Waals surface area contributed by atoms with Crippen LogP contribution in [0.15, 0.2) is 42.5 Å². The zero-order chi connectivity index (χ0) is 14.4. The van der Waals surface area contributed by atoms with Gasteiger partial charge in [-0.05, 0) is 49.1 Å². The molecule has 0 bridgehead atoms. The van der Waals surface area contributed by atoms with E-state index in [0.29, 0.717) is 21.7 Å². The third-order valence-corrected chi connectivity index (χ3v) is 3.83. The summed E-state index contributed by atoms with van der Waals surface area (Å²) in [7, 11) is 0. The number of benzene rings is 2. The van der Waals surface area contributed by atoms with E-state index in [2.05, 4.69) is 0 Å². The summed E-state index contributed by atoms with van der Waals surface area (Å²) < 4.78 is 5.64. The molecular weight excluding hydrogens is 315 g/mol. The van der Waals surface area contributed by atoms with E-state index in [1.54, 1.807) is 12.1 Å². The molecule has 0 unspecified atom stereocenters. The Labute approximate surface area is 134 Å². The molecule has 0 aromatic heterocycles. The number of halogens is 3. The van der Waals surface area contributed by atoms with Gasteiger partial charge in [-0.1, -0.05) is 53.0 Å². The second-order valence-electron chi connectivity index (χ2n) is 4.47. The van der Waals surface area contributed by atoms with Gasteiger partial charge in [-0.25, -0.2) is 0 Å². The van der Waals surface area contributed by atoms with Crippen LogP contribution in [0.4, 0.5) is 0 Å². The fourth-order valence-corrected chi connectivity index (χ4v) is 2.93. The highest BCUT2D eigenvalue weighted by Gasteiger charge is 2.07. The Morgan fingerprint density at radius 1 is 0.850 bits per heavy atom. The molecule has 1 nitrogen and oxygen atoms in total. The number of unbranched alkanes of at least 4 members (excludes halogenated alkanes) is 1. The summed E-state index contributed by atoms with van der Waals surface area (Å²) in [5, 5.41) is 1.83. The first-order valence-electron chi connectivity index (χ1n) is 6.48. The van der Waals surface area contributed by atoms with Crippen molar-refractivity contribution in [1.29, 1.82) is 0 Å². The third-order valence-electron chi connectivity index (χ3n) is 2.94. The van der Waals surface area contributed by atoms with Crippen molar-refractivity contribution in [3.8, 4) is 5.75 Å². The van der Waals surface area contributed by atoms with Crippen molar-refractivity contribution < 1.29 is 4.74 Å². The molecule has 0 fully saturated rings. The lowest BCUT2D eigenvalue weighted by Gasteiger charge is -2.09. The highest BCUT2D eigenvalue weighted by atomic mass is 35.5. The smallest absolute Gasteiger partial charge is 0.119 e. The van der Waals surface area contributed by atoms with Gasteiger partial charge in [0.25, 0.3) is 0 Å². The number of para-hydroxylation sites is 1. The molecule has 0 radical (unpaired) electrons. The van der Waals surface area contributed by atoms with E-state index in [1.807, 2.05) is 30.3 Å². The van der Waals surface area contributed by atoms with Crippen LogP contribution < -0.4 is 4.74 Å². The maximum Gasteiger partial charge on any atom is 0.119 e. The fourth-order valence-electron chi connectivity index (χ4n) is 1.92. The number of hydrogen-bond donors (Lipinski definition) is 0. The average molecular weight is 330 g/mol. The number of ether oxygens (including phenoxy) is 1. The van der Waals surface area contributed by atoms with E-state index < -0.39 is 0 Å². The van der Waals surface area contributed by atoms with E-state index in [4.69, 9.17) is 39.5 Å². The zero-order valence-electron chi connectivity index (χ0n) is 10.9. The Hall–Kier alpha value is -0.890. The highest BCUT2D eigenvalue weighted by Crippen LogP contribution is 2.30. The summed E-state index contributed by atoms with van der Waals surface area (Å²) in [6.45, 7) is 0.687. The zero-order valence-corrected chi connectivity index (χ0v) is 13.2. The monoisotopic (exact) mass is 328 g/mol. The molecule has 20 heavy (non-hydrogen) atoms. The summed E-state index contributed by atoms with van der Waals surface area (Å²) in [5.41, 5.74) is 0.956. The standard InChI is InChI=1S/C16H15Cl3O/c17-12-10-15(18)14(16(19)11-12)8-4-5-9-20-13-6-2-1-3-7-13/h1-3,6-7,10-11H,4-5,8-9H2. The van der Waals surface area contributed by atoms with Crippen molar-refractivity contribution in [2.75, 3.05) is 6.61 Å². The van der Waals surface area contributed by atoms with Gasteiger partial charge in [0.2, 0.25) is 0 Å². The van der Waals surface area contributed by atoms with Crippen LogP contribution in [0, 0.1) is 0 Å². The minimum atomic E-state index is 0.566. The molecule has 0 saturated carbocycles. The fraction of sp³-hybridized carbons (Fsp3) is 0.250. The largest absolute Gasteiger partial charge is 0.494 e. The maximum atomic E-state index is 6.14. The summed E-state index contributed by atoms with van der Waals surface area (Å²) in [4.78, 5) is 0. The maximum absolute atomic E-state index is 6.14. The van der Waals surface area contributed by atoms with Crippen LogP contribution in [0.25, 0.3) is 0 Å². The minimum absolute atomic E-state index is 0.566. The number of hydrogen-bond acceptors (Lipinski definition) is 1. The second kappa shape index (κ2) is 7.78. The van der Waals surface area contributed by atoms with Crippen LogP contribution in [-0.2, 0) is 6.42 Å². The van der Waals surface area contributed by atoms with Crippen LogP contribution in [-0.4, -0.2) is 6.61 Å². The van der Waals surface area contributed by atoms with Crippen LogP contribution in [0.1, 0.15) is 18.4 Å². The molecule has 0 aliphatic carbocycles. The van der Waals surface area contributed by atoms with Crippen molar-refractivity contribution in [2.24, 2.45) is 0 Å². The van der Waals surface area contributed by atoms with Crippen molar-refractivity contribution in [2.45, 2.75) is 19.3 Å². The Morgan fingerprint density at radius 3 is 2.15 bits per heavy atom. The van der Waals surface area contributed by atoms with E-state index in [-0.39, 0.29) is 0 Å².